The monoisotopic (exact) mass is 583 g/mol. The predicted octanol–water partition coefficient (Wildman–Crippen LogP) is 6.26. The lowest BCUT2D eigenvalue weighted by molar-refractivity contribution is -0.143. The number of carbonyl (C=O) groups is 1. The summed E-state index contributed by atoms with van der Waals surface area (Å²) in [5.41, 5.74) is 8.42. The quantitative estimate of drug-likeness (QED) is 0.216. The molecule has 0 amide bonds. The first kappa shape index (κ1) is 28.3. The molecule has 0 unspecified atom stereocenters. The molecular weight excluding hydrogens is 546 g/mol. The van der Waals surface area contributed by atoms with Gasteiger partial charge in [-0.25, -0.2) is 9.67 Å². The highest BCUT2D eigenvalue weighted by molar-refractivity contribution is 7.17. The van der Waals surface area contributed by atoms with Crippen LogP contribution in [-0.2, 0) is 36.1 Å². The van der Waals surface area contributed by atoms with Crippen LogP contribution in [0.3, 0.4) is 0 Å². The average Bonchev–Trinajstić information content (AvgIpc) is 3.56. The van der Waals surface area contributed by atoms with Crippen LogP contribution in [0.15, 0.2) is 47.8 Å². The van der Waals surface area contributed by atoms with Crippen LogP contribution >= 0.6 is 11.3 Å². The molecule has 0 saturated carbocycles. The smallest absolute Gasteiger partial charge is 0.306 e. The lowest BCUT2D eigenvalue weighted by atomic mass is 9.84. The van der Waals surface area contributed by atoms with Crippen LogP contribution in [-0.4, -0.2) is 49.1 Å². The van der Waals surface area contributed by atoms with Crippen molar-refractivity contribution in [2.24, 2.45) is 13.0 Å². The van der Waals surface area contributed by atoms with Crippen molar-refractivity contribution >= 4 is 38.4 Å². The van der Waals surface area contributed by atoms with Gasteiger partial charge in [-0.2, -0.15) is 0 Å². The molecule has 2 atom stereocenters. The van der Waals surface area contributed by atoms with Gasteiger partial charge in [0.15, 0.2) is 0 Å². The number of rotatable bonds is 8. The van der Waals surface area contributed by atoms with E-state index < -0.39 is 0 Å². The molecule has 0 aliphatic carbocycles. The third-order valence-electron chi connectivity index (χ3n) is 8.61. The van der Waals surface area contributed by atoms with Gasteiger partial charge in [0.05, 0.1) is 24.2 Å². The molecule has 42 heavy (non-hydrogen) atoms. The minimum atomic E-state index is -0.214. The molecule has 1 N–H and O–H groups in total. The standard InChI is InChI=1S/C33H37N5O3S/c1-5-21-13-22-7-10-30(39)34-28(22)19-38(17-21)18-25-15-24(14-23-11-12-42-33(23)25)27(16-31(40)41-6-2)26-8-9-29-32(20(26)3)35-36-37(29)4/h7-12,14-15,21,27H,5-6,13,16-19H2,1-4H3,(H,34,39)/t21-,27-/m0/s1. The predicted molar refractivity (Wildman–Crippen MR) is 166 cm³/mol. The molecule has 0 bridgehead atoms. The maximum Gasteiger partial charge on any atom is 0.306 e. The van der Waals surface area contributed by atoms with E-state index in [1.54, 1.807) is 22.1 Å². The largest absolute Gasteiger partial charge is 0.493 e. The van der Waals surface area contributed by atoms with E-state index in [9.17, 15) is 9.90 Å². The highest BCUT2D eigenvalue weighted by atomic mass is 32.1. The SMILES string of the molecule is CCOC(=O)C[C@@H](c1cc(CN2Cc3nc(O)ccc3C[C@H](CC)C2)c2sccc2c1)c1ccc2c(nnn2C)c1C. The minimum Gasteiger partial charge on any atom is -0.493 e. The molecule has 1 aliphatic rings. The number of ether oxygens (including phenoxy) is 1. The summed E-state index contributed by atoms with van der Waals surface area (Å²) in [4.78, 5) is 19.9. The number of aromatic nitrogens is 4. The maximum absolute atomic E-state index is 13.0. The van der Waals surface area contributed by atoms with Gasteiger partial charge in [-0.3, -0.25) is 9.69 Å². The second-order valence-electron chi connectivity index (χ2n) is 11.4. The molecule has 9 heteroatoms. The molecule has 0 radical (unpaired) electrons. The fourth-order valence-corrected chi connectivity index (χ4v) is 7.30. The molecule has 5 aromatic rings. The van der Waals surface area contributed by atoms with Crippen LogP contribution in [0.25, 0.3) is 21.1 Å². The Bertz CT molecular complexity index is 1760. The summed E-state index contributed by atoms with van der Waals surface area (Å²) < 4.78 is 8.49. The van der Waals surface area contributed by atoms with Crippen molar-refractivity contribution in [1.29, 1.82) is 0 Å². The summed E-state index contributed by atoms with van der Waals surface area (Å²) in [6.07, 6.45) is 2.29. The molecule has 218 valence electrons. The van der Waals surface area contributed by atoms with Gasteiger partial charge in [-0.15, -0.1) is 16.4 Å². The second kappa shape index (κ2) is 11.8. The van der Waals surface area contributed by atoms with Crippen molar-refractivity contribution in [3.05, 3.63) is 81.4 Å². The van der Waals surface area contributed by atoms with Crippen molar-refractivity contribution in [1.82, 2.24) is 24.9 Å². The van der Waals surface area contributed by atoms with Gasteiger partial charge < -0.3 is 9.84 Å². The van der Waals surface area contributed by atoms with Crippen LogP contribution in [0.1, 0.15) is 66.1 Å². The molecule has 8 nitrogen and oxygen atoms in total. The van der Waals surface area contributed by atoms with E-state index >= 15 is 0 Å². The van der Waals surface area contributed by atoms with E-state index in [4.69, 9.17) is 4.74 Å². The number of esters is 1. The van der Waals surface area contributed by atoms with Crippen molar-refractivity contribution in [2.75, 3.05) is 13.2 Å². The number of thiophene rings is 1. The van der Waals surface area contributed by atoms with E-state index in [0.717, 1.165) is 59.3 Å². The normalized spacial score (nSPS) is 16.4. The fraction of sp³-hybridized carbons (Fsp3) is 0.394. The number of hydrogen-bond acceptors (Lipinski definition) is 8. The van der Waals surface area contributed by atoms with Crippen molar-refractivity contribution in [3.63, 3.8) is 0 Å². The van der Waals surface area contributed by atoms with Gasteiger partial charge in [0, 0.05) is 43.4 Å². The summed E-state index contributed by atoms with van der Waals surface area (Å²) >= 11 is 1.75. The number of aryl methyl sites for hydroxylation is 2. The lowest BCUT2D eigenvalue weighted by Crippen LogP contribution is -2.27. The minimum absolute atomic E-state index is 0.0727. The maximum atomic E-state index is 13.0. The first-order valence-corrected chi connectivity index (χ1v) is 15.6. The number of aromatic hydroxyl groups is 1. The number of pyridine rings is 1. The fourth-order valence-electron chi connectivity index (χ4n) is 6.41. The molecule has 1 aliphatic heterocycles. The summed E-state index contributed by atoms with van der Waals surface area (Å²) in [6, 6.07) is 14.6. The summed E-state index contributed by atoms with van der Waals surface area (Å²) in [6.45, 7) is 8.91. The number of nitrogens with zero attached hydrogens (tertiary/aromatic N) is 5. The Morgan fingerprint density at radius 3 is 2.86 bits per heavy atom. The number of hydrogen-bond donors (Lipinski definition) is 1. The number of benzene rings is 2. The van der Waals surface area contributed by atoms with E-state index in [1.807, 2.05) is 26.1 Å². The molecule has 0 spiro atoms. The van der Waals surface area contributed by atoms with E-state index in [1.165, 1.54) is 21.2 Å². The highest BCUT2D eigenvalue weighted by Gasteiger charge is 2.26. The first-order chi connectivity index (χ1) is 20.3. The Hall–Kier alpha value is -3.82. The topological polar surface area (TPSA) is 93.4 Å². The Balaban J connectivity index is 1.42. The van der Waals surface area contributed by atoms with E-state index in [0.29, 0.717) is 19.1 Å². The molecule has 6 rings (SSSR count). The van der Waals surface area contributed by atoms with Gasteiger partial charge in [-0.05, 0) is 83.0 Å². The average molecular weight is 584 g/mol. The zero-order valence-corrected chi connectivity index (χ0v) is 25.4. The Morgan fingerprint density at radius 1 is 1.19 bits per heavy atom. The van der Waals surface area contributed by atoms with Crippen LogP contribution in [0.5, 0.6) is 5.88 Å². The Labute approximate surface area is 249 Å². The third-order valence-corrected chi connectivity index (χ3v) is 9.61. The summed E-state index contributed by atoms with van der Waals surface area (Å²) in [5, 5.41) is 22.1. The molecule has 0 saturated heterocycles. The van der Waals surface area contributed by atoms with Crippen molar-refractivity contribution in [3.8, 4) is 5.88 Å². The van der Waals surface area contributed by atoms with Gasteiger partial charge in [-0.1, -0.05) is 36.8 Å². The molecule has 2 aromatic carbocycles. The van der Waals surface area contributed by atoms with Crippen molar-refractivity contribution in [2.45, 2.75) is 59.0 Å². The second-order valence-corrected chi connectivity index (χ2v) is 12.3. The Morgan fingerprint density at radius 2 is 2.05 bits per heavy atom. The van der Waals surface area contributed by atoms with Crippen molar-refractivity contribution < 1.29 is 14.6 Å². The van der Waals surface area contributed by atoms with Crippen LogP contribution in [0.4, 0.5) is 0 Å². The third kappa shape index (κ3) is 5.51. The van der Waals surface area contributed by atoms with Gasteiger partial charge in [0.1, 0.15) is 5.52 Å². The first-order valence-electron chi connectivity index (χ1n) is 14.7. The van der Waals surface area contributed by atoms with Crippen LogP contribution < -0.4 is 0 Å². The zero-order valence-electron chi connectivity index (χ0n) is 24.6. The van der Waals surface area contributed by atoms with Gasteiger partial charge in [0.2, 0.25) is 5.88 Å². The Kier molecular flexibility index (Phi) is 7.96. The molecule has 0 fully saturated rings. The lowest BCUT2D eigenvalue weighted by Gasteiger charge is -2.25. The van der Waals surface area contributed by atoms with Crippen LogP contribution in [0, 0.1) is 12.8 Å². The number of fused-ring (bicyclic) bond motifs is 3. The van der Waals surface area contributed by atoms with Gasteiger partial charge >= 0.3 is 5.97 Å². The molecule has 3 aromatic heterocycles. The number of carbonyl (C=O) groups excluding carboxylic acids is 1. The molecular formula is C33H37N5O3S. The highest BCUT2D eigenvalue weighted by Crippen LogP contribution is 2.38. The van der Waals surface area contributed by atoms with E-state index in [2.05, 4.69) is 63.7 Å². The van der Waals surface area contributed by atoms with E-state index in [-0.39, 0.29) is 24.2 Å². The van der Waals surface area contributed by atoms with Crippen LogP contribution in [0.2, 0.25) is 0 Å². The van der Waals surface area contributed by atoms with Gasteiger partial charge in [0.25, 0.3) is 0 Å². The molecule has 4 heterocycles. The summed E-state index contributed by atoms with van der Waals surface area (Å²) in [7, 11) is 1.89. The zero-order chi connectivity index (χ0) is 29.4. The summed E-state index contributed by atoms with van der Waals surface area (Å²) in [5.74, 6) is 0.181.